The fourth-order valence-electron chi connectivity index (χ4n) is 3.75. The quantitative estimate of drug-likeness (QED) is 0.516. The van der Waals surface area contributed by atoms with Crippen LogP contribution in [-0.2, 0) is 0 Å². The van der Waals surface area contributed by atoms with Crippen molar-refractivity contribution < 1.29 is 9.66 Å². The Balaban J connectivity index is 2.14. The molecule has 0 aromatic heterocycles. The van der Waals surface area contributed by atoms with Gasteiger partial charge in [0.15, 0.2) is 0 Å². The molecule has 1 heterocycles. The lowest BCUT2D eigenvalue weighted by molar-refractivity contribution is -0.384. The normalized spacial score (nSPS) is 25.5. The lowest BCUT2D eigenvalue weighted by Gasteiger charge is -2.39. The van der Waals surface area contributed by atoms with Gasteiger partial charge in [0.1, 0.15) is 11.4 Å². The Morgan fingerprint density at radius 1 is 1.45 bits per heavy atom. The van der Waals surface area contributed by atoms with E-state index in [9.17, 15) is 10.1 Å². The van der Waals surface area contributed by atoms with Crippen LogP contribution in [0, 0.1) is 22.0 Å². The molecule has 0 radical (unpaired) electrons. The maximum Gasteiger partial charge on any atom is 0.296 e. The Labute approximate surface area is 130 Å². The van der Waals surface area contributed by atoms with Crippen molar-refractivity contribution in [1.29, 1.82) is 0 Å². The number of allylic oxidation sites excluding steroid dienone is 2. The van der Waals surface area contributed by atoms with Gasteiger partial charge < -0.3 is 10.1 Å². The maximum absolute atomic E-state index is 11.5. The molecule has 1 aromatic rings. The maximum atomic E-state index is 11.5. The van der Waals surface area contributed by atoms with Gasteiger partial charge in [-0.25, -0.2) is 0 Å². The zero-order valence-electron chi connectivity index (χ0n) is 13.2. The zero-order chi connectivity index (χ0) is 15.9. The first-order valence-electron chi connectivity index (χ1n) is 7.91. The molecule has 0 amide bonds. The Kier molecular flexibility index (Phi) is 3.81. The highest BCUT2D eigenvalue weighted by atomic mass is 16.6. The summed E-state index contributed by atoms with van der Waals surface area (Å²) in [6.45, 7) is 6.72. The molecule has 1 aliphatic carbocycles. The molecule has 0 spiro atoms. The van der Waals surface area contributed by atoms with E-state index in [0.717, 1.165) is 12.0 Å². The Morgan fingerprint density at radius 2 is 2.23 bits per heavy atom. The second-order valence-electron chi connectivity index (χ2n) is 6.36. The molecule has 22 heavy (non-hydrogen) atoms. The third-order valence-corrected chi connectivity index (χ3v) is 4.69. The van der Waals surface area contributed by atoms with Gasteiger partial charge in [-0.2, -0.15) is 0 Å². The number of anilines is 1. The van der Waals surface area contributed by atoms with E-state index in [-0.39, 0.29) is 22.6 Å². The molecule has 1 aliphatic heterocycles. The molecule has 2 aliphatic rings. The smallest absolute Gasteiger partial charge is 0.296 e. The minimum absolute atomic E-state index is 0.116. The SMILES string of the molecule is CCOc1cc2c(c([N+](=O)[O-])c1)N[C@H](C(C)C)[C@@H]1CC=C[C@H]21. The summed E-state index contributed by atoms with van der Waals surface area (Å²) in [5.41, 5.74) is 1.78. The van der Waals surface area contributed by atoms with E-state index >= 15 is 0 Å². The van der Waals surface area contributed by atoms with Gasteiger partial charge in [0.25, 0.3) is 5.69 Å². The largest absolute Gasteiger partial charge is 0.494 e. The van der Waals surface area contributed by atoms with E-state index < -0.39 is 0 Å². The fourth-order valence-corrected chi connectivity index (χ4v) is 3.75. The van der Waals surface area contributed by atoms with Crippen molar-refractivity contribution in [3.8, 4) is 5.75 Å². The summed E-state index contributed by atoms with van der Waals surface area (Å²) in [6.07, 6.45) is 5.41. The van der Waals surface area contributed by atoms with E-state index in [4.69, 9.17) is 4.74 Å². The number of benzene rings is 1. The van der Waals surface area contributed by atoms with Crippen LogP contribution in [0.4, 0.5) is 11.4 Å². The minimum Gasteiger partial charge on any atom is -0.494 e. The average molecular weight is 302 g/mol. The van der Waals surface area contributed by atoms with Crippen LogP contribution in [0.25, 0.3) is 0 Å². The number of rotatable bonds is 4. The molecule has 0 bridgehead atoms. The third kappa shape index (κ3) is 2.34. The van der Waals surface area contributed by atoms with Gasteiger partial charge in [0, 0.05) is 12.0 Å². The van der Waals surface area contributed by atoms with E-state index in [0.29, 0.717) is 29.9 Å². The second-order valence-corrected chi connectivity index (χ2v) is 6.36. The van der Waals surface area contributed by atoms with E-state index in [1.807, 2.05) is 13.0 Å². The summed E-state index contributed by atoms with van der Waals surface area (Å²) in [5.74, 6) is 1.70. The van der Waals surface area contributed by atoms with Crippen molar-refractivity contribution in [2.75, 3.05) is 11.9 Å². The van der Waals surface area contributed by atoms with Crippen LogP contribution in [0.5, 0.6) is 5.75 Å². The summed E-state index contributed by atoms with van der Waals surface area (Å²) in [5, 5.41) is 14.9. The minimum atomic E-state index is -0.315. The fraction of sp³-hybridized carbons (Fsp3) is 0.529. The summed E-state index contributed by atoms with van der Waals surface area (Å²) in [4.78, 5) is 11.2. The van der Waals surface area contributed by atoms with E-state index in [2.05, 4.69) is 31.3 Å². The standard InChI is InChI=1S/C17H22N2O3/c1-4-22-11-8-14-12-6-5-7-13(12)16(10(2)3)18-17(14)15(9-11)19(20)21/h5-6,8-10,12-13,16,18H,4,7H2,1-3H3/t12-,13+,16+/m0/s1. The molecule has 5 nitrogen and oxygen atoms in total. The molecule has 0 saturated heterocycles. The summed E-state index contributed by atoms with van der Waals surface area (Å²) in [7, 11) is 0. The number of nitrogens with zero attached hydrogens (tertiary/aromatic N) is 1. The van der Waals surface area contributed by atoms with Gasteiger partial charge in [-0.05, 0) is 36.8 Å². The molecule has 3 rings (SSSR count). The third-order valence-electron chi connectivity index (χ3n) is 4.69. The van der Waals surface area contributed by atoms with Gasteiger partial charge in [0.2, 0.25) is 0 Å². The molecule has 0 unspecified atom stereocenters. The van der Waals surface area contributed by atoms with Crippen molar-refractivity contribution in [2.24, 2.45) is 11.8 Å². The molecular formula is C17H22N2O3. The lowest BCUT2D eigenvalue weighted by atomic mass is 9.75. The van der Waals surface area contributed by atoms with Crippen LogP contribution in [-0.4, -0.2) is 17.6 Å². The van der Waals surface area contributed by atoms with Gasteiger partial charge in [-0.3, -0.25) is 10.1 Å². The van der Waals surface area contributed by atoms with Crippen molar-refractivity contribution in [1.82, 2.24) is 0 Å². The van der Waals surface area contributed by atoms with Gasteiger partial charge >= 0.3 is 0 Å². The molecular weight excluding hydrogens is 280 g/mol. The Hall–Kier alpha value is -2.04. The number of ether oxygens (including phenoxy) is 1. The predicted molar refractivity (Wildman–Crippen MR) is 86.5 cm³/mol. The number of hydrogen-bond donors (Lipinski definition) is 1. The first kappa shape index (κ1) is 14.9. The van der Waals surface area contributed by atoms with Gasteiger partial charge in [-0.1, -0.05) is 26.0 Å². The second kappa shape index (κ2) is 5.63. The average Bonchev–Trinajstić information content (AvgIpc) is 2.95. The van der Waals surface area contributed by atoms with E-state index in [1.54, 1.807) is 0 Å². The van der Waals surface area contributed by atoms with Crippen LogP contribution in [0.1, 0.15) is 38.7 Å². The Morgan fingerprint density at radius 3 is 2.86 bits per heavy atom. The predicted octanol–water partition coefficient (Wildman–Crippen LogP) is 4.10. The summed E-state index contributed by atoms with van der Waals surface area (Å²) < 4.78 is 5.53. The van der Waals surface area contributed by atoms with Gasteiger partial charge in [-0.15, -0.1) is 0 Å². The molecule has 1 N–H and O–H groups in total. The van der Waals surface area contributed by atoms with Crippen molar-refractivity contribution in [2.45, 2.75) is 39.2 Å². The number of nitro groups is 1. The van der Waals surface area contributed by atoms with Crippen LogP contribution >= 0.6 is 0 Å². The molecule has 118 valence electrons. The van der Waals surface area contributed by atoms with Crippen LogP contribution < -0.4 is 10.1 Å². The summed E-state index contributed by atoms with van der Waals surface area (Å²) in [6, 6.07) is 3.75. The number of hydrogen-bond acceptors (Lipinski definition) is 4. The van der Waals surface area contributed by atoms with Crippen molar-refractivity contribution >= 4 is 11.4 Å². The van der Waals surface area contributed by atoms with Crippen molar-refractivity contribution in [3.63, 3.8) is 0 Å². The molecule has 5 heteroatoms. The summed E-state index contributed by atoms with van der Waals surface area (Å²) >= 11 is 0. The highest BCUT2D eigenvalue weighted by Crippen LogP contribution is 2.50. The molecule has 0 saturated carbocycles. The number of nitro benzene ring substituents is 1. The molecule has 3 atom stereocenters. The lowest BCUT2D eigenvalue weighted by Crippen LogP contribution is -2.39. The van der Waals surface area contributed by atoms with Gasteiger partial charge in [0.05, 0.1) is 17.6 Å². The molecule has 1 aromatic carbocycles. The van der Waals surface area contributed by atoms with E-state index in [1.165, 1.54) is 6.07 Å². The highest BCUT2D eigenvalue weighted by Gasteiger charge is 2.41. The molecule has 0 fully saturated rings. The number of fused-ring (bicyclic) bond motifs is 3. The first-order chi connectivity index (χ1) is 10.5. The highest BCUT2D eigenvalue weighted by molar-refractivity contribution is 5.72. The van der Waals surface area contributed by atoms with Crippen LogP contribution in [0.3, 0.4) is 0 Å². The monoisotopic (exact) mass is 302 g/mol. The first-order valence-corrected chi connectivity index (χ1v) is 7.91. The van der Waals surface area contributed by atoms with Crippen LogP contribution in [0.15, 0.2) is 24.3 Å². The Bertz CT molecular complexity index is 625. The zero-order valence-corrected chi connectivity index (χ0v) is 13.2. The van der Waals surface area contributed by atoms with Crippen LogP contribution in [0.2, 0.25) is 0 Å². The number of nitrogens with one attached hydrogen (secondary N) is 1. The topological polar surface area (TPSA) is 64.4 Å². The van der Waals surface area contributed by atoms with Crippen molar-refractivity contribution in [3.05, 3.63) is 40.0 Å².